The zero-order chi connectivity index (χ0) is 15.2. The average molecular weight is 321 g/mol. The number of sulfone groups is 1. The molecule has 112 valence electrons. The van der Waals surface area contributed by atoms with Gasteiger partial charge in [0.05, 0.1) is 23.6 Å². The van der Waals surface area contributed by atoms with E-state index in [9.17, 15) is 13.2 Å². The van der Waals surface area contributed by atoms with Crippen LogP contribution in [0, 0.1) is 0 Å². The van der Waals surface area contributed by atoms with Gasteiger partial charge in [-0.15, -0.1) is 0 Å². The zero-order valence-electron chi connectivity index (χ0n) is 11.4. The molecule has 0 unspecified atom stereocenters. The third-order valence-corrected chi connectivity index (χ3v) is 4.64. The van der Waals surface area contributed by atoms with E-state index in [-0.39, 0.29) is 28.9 Å². The van der Waals surface area contributed by atoms with Crippen molar-refractivity contribution in [2.24, 2.45) is 0 Å². The first-order valence-electron chi connectivity index (χ1n) is 6.09. The van der Waals surface area contributed by atoms with Gasteiger partial charge in [0.15, 0.2) is 21.3 Å². The van der Waals surface area contributed by atoms with E-state index in [0.717, 1.165) is 0 Å². The molecule has 1 rings (SSSR count). The quantitative estimate of drug-likeness (QED) is 0.688. The van der Waals surface area contributed by atoms with Crippen molar-refractivity contribution in [1.29, 1.82) is 0 Å². The van der Waals surface area contributed by atoms with Gasteiger partial charge in [-0.2, -0.15) is 0 Å². The lowest BCUT2D eigenvalue weighted by atomic mass is 10.2. The van der Waals surface area contributed by atoms with E-state index in [1.165, 1.54) is 19.2 Å². The van der Waals surface area contributed by atoms with Crippen molar-refractivity contribution >= 4 is 27.7 Å². The van der Waals surface area contributed by atoms with Gasteiger partial charge in [0.2, 0.25) is 0 Å². The van der Waals surface area contributed by atoms with Crippen LogP contribution in [-0.2, 0) is 9.84 Å². The Balaban J connectivity index is 2.80. The van der Waals surface area contributed by atoms with Crippen molar-refractivity contribution in [3.63, 3.8) is 0 Å². The lowest BCUT2D eigenvalue weighted by Gasteiger charge is -2.13. The second-order valence-corrected chi connectivity index (χ2v) is 6.86. The molecule has 0 amide bonds. The third kappa shape index (κ3) is 4.68. The summed E-state index contributed by atoms with van der Waals surface area (Å²) in [5.41, 5.74) is 0.359. The molecule has 0 saturated carbocycles. The van der Waals surface area contributed by atoms with Gasteiger partial charge in [-0.25, -0.2) is 8.42 Å². The molecular weight excluding hydrogens is 304 g/mol. The monoisotopic (exact) mass is 320 g/mol. The number of carbonyl (C=O) groups is 1. The molecule has 0 aromatic heterocycles. The summed E-state index contributed by atoms with van der Waals surface area (Å²) in [6.45, 7) is 1.79. The summed E-state index contributed by atoms with van der Waals surface area (Å²) in [4.78, 5) is 10.7. The Bertz CT molecular complexity index is 568. The van der Waals surface area contributed by atoms with Crippen LogP contribution in [0.3, 0.4) is 0 Å². The highest BCUT2D eigenvalue weighted by atomic mass is 35.5. The Morgan fingerprint density at radius 3 is 2.55 bits per heavy atom. The summed E-state index contributed by atoms with van der Waals surface area (Å²) in [5, 5.41) is 0.208. The van der Waals surface area contributed by atoms with Crippen LogP contribution in [-0.4, -0.2) is 39.9 Å². The van der Waals surface area contributed by atoms with E-state index in [4.69, 9.17) is 21.1 Å². The number of hydrogen-bond donors (Lipinski definition) is 0. The van der Waals surface area contributed by atoms with Crippen molar-refractivity contribution in [1.82, 2.24) is 0 Å². The molecule has 0 aliphatic carbocycles. The Morgan fingerprint density at radius 1 is 1.30 bits per heavy atom. The minimum absolute atomic E-state index is 0.0150. The lowest BCUT2D eigenvalue weighted by molar-refractivity contribution is 0.112. The van der Waals surface area contributed by atoms with E-state index in [1.54, 1.807) is 6.92 Å². The van der Waals surface area contributed by atoms with Crippen molar-refractivity contribution in [2.45, 2.75) is 13.3 Å². The van der Waals surface area contributed by atoms with Gasteiger partial charge >= 0.3 is 0 Å². The van der Waals surface area contributed by atoms with E-state index >= 15 is 0 Å². The molecule has 0 fully saturated rings. The molecule has 0 N–H and O–H groups in total. The molecule has 1 aromatic carbocycles. The highest BCUT2D eigenvalue weighted by Gasteiger charge is 2.14. The molecule has 0 aliphatic heterocycles. The van der Waals surface area contributed by atoms with Crippen LogP contribution in [0.5, 0.6) is 11.5 Å². The molecule has 0 radical (unpaired) electrons. The minimum Gasteiger partial charge on any atom is -0.493 e. The molecule has 0 heterocycles. The van der Waals surface area contributed by atoms with Gasteiger partial charge in [-0.3, -0.25) is 4.79 Å². The van der Waals surface area contributed by atoms with Gasteiger partial charge < -0.3 is 9.47 Å². The molecule has 0 aliphatic rings. The Kier molecular flexibility index (Phi) is 6.29. The van der Waals surface area contributed by atoms with Gasteiger partial charge in [0.25, 0.3) is 0 Å². The van der Waals surface area contributed by atoms with Crippen LogP contribution >= 0.6 is 11.6 Å². The smallest absolute Gasteiger partial charge is 0.179 e. The predicted octanol–water partition coefficient (Wildman–Crippen LogP) is 2.36. The van der Waals surface area contributed by atoms with Crippen LogP contribution in [0.1, 0.15) is 23.7 Å². The molecule has 0 atom stereocenters. The Hall–Kier alpha value is -1.27. The van der Waals surface area contributed by atoms with Crippen molar-refractivity contribution in [2.75, 3.05) is 25.2 Å². The summed E-state index contributed by atoms with van der Waals surface area (Å²) < 4.78 is 33.6. The lowest BCUT2D eigenvalue weighted by Crippen LogP contribution is -2.17. The number of halogens is 1. The average Bonchev–Trinajstić information content (AvgIpc) is 2.39. The topological polar surface area (TPSA) is 69.7 Å². The first-order chi connectivity index (χ1) is 9.43. The van der Waals surface area contributed by atoms with Crippen molar-refractivity contribution < 1.29 is 22.7 Å². The van der Waals surface area contributed by atoms with Crippen molar-refractivity contribution in [3.8, 4) is 11.5 Å². The first kappa shape index (κ1) is 16.8. The second kappa shape index (κ2) is 7.50. The fourth-order valence-electron chi connectivity index (χ4n) is 1.63. The van der Waals surface area contributed by atoms with Crippen molar-refractivity contribution in [3.05, 3.63) is 22.7 Å². The molecule has 0 bridgehead atoms. The molecular formula is C13H17ClO5S. The maximum atomic E-state index is 11.6. The summed E-state index contributed by atoms with van der Waals surface area (Å²) in [6, 6.07) is 2.92. The molecule has 0 saturated heterocycles. The maximum Gasteiger partial charge on any atom is 0.179 e. The summed E-state index contributed by atoms with van der Waals surface area (Å²) in [5.74, 6) is 0.583. The molecule has 0 spiro atoms. The van der Waals surface area contributed by atoms with E-state index in [0.29, 0.717) is 24.0 Å². The number of rotatable bonds is 8. The van der Waals surface area contributed by atoms with E-state index < -0.39 is 9.84 Å². The number of aldehydes is 1. The SMILES string of the molecule is CCCS(=O)(=O)CCOc1c(Cl)cc(C=O)cc1OC. The maximum absolute atomic E-state index is 11.6. The molecule has 7 heteroatoms. The number of ether oxygens (including phenoxy) is 2. The van der Waals surface area contributed by atoms with Gasteiger partial charge in [-0.05, 0) is 18.6 Å². The fourth-order valence-corrected chi connectivity index (χ4v) is 3.07. The summed E-state index contributed by atoms with van der Waals surface area (Å²) >= 11 is 5.99. The number of carbonyl (C=O) groups excluding carboxylic acids is 1. The Labute approximate surface area is 123 Å². The van der Waals surface area contributed by atoms with Crippen LogP contribution in [0.15, 0.2) is 12.1 Å². The number of benzene rings is 1. The summed E-state index contributed by atoms with van der Waals surface area (Å²) in [6.07, 6.45) is 1.21. The van der Waals surface area contributed by atoms with Crippen LogP contribution in [0.2, 0.25) is 5.02 Å². The van der Waals surface area contributed by atoms with E-state index in [2.05, 4.69) is 0 Å². The van der Waals surface area contributed by atoms with E-state index in [1.807, 2.05) is 0 Å². The van der Waals surface area contributed by atoms with Gasteiger partial charge in [0.1, 0.15) is 12.9 Å². The fraction of sp³-hybridized carbons (Fsp3) is 0.462. The molecule has 1 aromatic rings. The Morgan fingerprint density at radius 2 is 2.00 bits per heavy atom. The minimum atomic E-state index is -3.11. The highest BCUT2D eigenvalue weighted by molar-refractivity contribution is 7.91. The largest absolute Gasteiger partial charge is 0.493 e. The number of methoxy groups -OCH3 is 1. The van der Waals surface area contributed by atoms with Gasteiger partial charge in [-0.1, -0.05) is 18.5 Å². The normalized spacial score (nSPS) is 11.2. The third-order valence-electron chi connectivity index (χ3n) is 2.54. The predicted molar refractivity (Wildman–Crippen MR) is 77.8 cm³/mol. The van der Waals surface area contributed by atoms with Crippen LogP contribution < -0.4 is 9.47 Å². The first-order valence-corrected chi connectivity index (χ1v) is 8.29. The number of hydrogen-bond acceptors (Lipinski definition) is 5. The van der Waals surface area contributed by atoms with Crippen LogP contribution in [0.25, 0.3) is 0 Å². The summed E-state index contributed by atoms with van der Waals surface area (Å²) in [7, 11) is -1.69. The van der Waals surface area contributed by atoms with Crippen LogP contribution in [0.4, 0.5) is 0 Å². The second-order valence-electron chi connectivity index (χ2n) is 4.15. The zero-order valence-corrected chi connectivity index (χ0v) is 13.0. The molecule has 5 nitrogen and oxygen atoms in total. The highest BCUT2D eigenvalue weighted by Crippen LogP contribution is 2.36. The molecule has 20 heavy (non-hydrogen) atoms. The standard InChI is InChI=1S/C13H17ClO5S/c1-3-5-20(16,17)6-4-19-13-11(14)7-10(9-15)8-12(13)18-2/h7-9H,3-6H2,1-2H3. The van der Waals surface area contributed by atoms with Gasteiger partial charge in [0, 0.05) is 5.56 Å².